The van der Waals surface area contributed by atoms with Crippen molar-refractivity contribution < 1.29 is 9.53 Å². The average Bonchev–Trinajstić information content (AvgIpc) is 2.57. The second kappa shape index (κ2) is 5.53. The zero-order valence-corrected chi connectivity index (χ0v) is 10.2. The molecule has 2 fully saturated rings. The zero-order chi connectivity index (χ0) is 11.4. The Balaban J connectivity index is 1.85. The average molecular weight is 226 g/mol. The van der Waals surface area contributed by atoms with E-state index in [-0.39, 0.29) is 6.03 Å². The molecule has 2 aliphatic heterocycles. The first-order valence-electron chi connectivity index (χ1n) is 6.39. The Morgan fingerprint density at radius 1 is 1.06 bits per heavy atom. The number of rotatable bonds is 0. The second-order valence-corrected chi connectivity index (χ2v) is 4.91. The van der Waals surface area contributed by atoms with Gasteiger partial charge in [0, 0.05) is 32.8 Å². The van der Waals surface area contributed by atoms with Crippen LogP contribution < -0.4 is 0 Å². The fourth-order valence-electron chi connectivity index (χ4n) is 2.34. The lowest BCUT2D eigenvalue weighted by Gasteiger charge is -2.34. The molecule has 4 heteroatoms. The van der Waals surface area contributed by atoms with Gasteiger partial charge in [0.25, 0.3) is 0 Å². The molecule has 0 atom stereocenters. The molecular formula is C12H22N2O2. The number of ether oxygens (including phenoxy) is 1. The van der Waals surface area contributed by atoms with E-state index in [1.54, 1.807) is 0 Å². The minimum atomic E-state index is 0.220. The van der Waals surface area contributed by atoms with E-state index in [2.05, 4.69) is 6.92 Å². The maximum absolute atomic E-state index is 12.2. The van der Waals surface area contributed by atoms with Gasteiger partial charge in [-0.1, -0.05) is 6.92 Å². The highest BCUT2D eigenvalue weighted by molar-refractivity contribution is 5.74. The molecule has 0 spiro atoms. The molecule has 0 N–H and O–H groups in total. The van der Waals surface area contributed by atoms with Crippen molar-refractivity contribution in [1.82, 2.24) is 9.80 Å². The quantitative estimate of drug-likeness (QED) is 0.628. The van der Waals surface area contributed by atoms with Gasteiger partial charge in [0.15, 0.2) is 0 Å². The number of nitrogens with zero attached hydrogens (tertiary/aromatic N) is 2. The molecule has 0 bridgehead atoms. The number of hydrogen-bond acceptors (Lipinski definition) is 2. The molecule has 2 heterocycles. The largest absolute Gasteiger partial charge is 0.380 e. The summed E-state index contributed by atoms with van der Waals surface area (Å²) in [7, 11) is 0. The van der Waals surface area contributed by atoms with Crippen molar-refractivity contribution in [3.8, 4) is 0 Å². The number of carbonyl (C=O) groups excluding carboxylic acids is 1. The van der Waals surface area contributed by atoms with Crippen LogP contribution in [0.5, 0.6) is 0 Å². The smallest absolute Gasteiger partial charge is 0.320 e. The Hall–Kier alpha value is -0.770. The molecule has 0 aromatic rings. The Morgan fingerprint density at radius 2 is 1.75 bits per heavy atom. The van der Waals surface area contributed by atoms with Crippen molar-refractivity contribution in [3.05, 3.63) is 0 Å². The molecule has 2 rings (SSSR count). The normalized spacial score (nSPS) is 24.3. The zero-order valence-electron chi connectivity index (χ0n) is 10.2. The van der Waals surface area contributed by atoms with Crippen LogP contribution in [0.15, 0.2) is 0 Å². The van der Waals surface area contributed by atoms with E-state index >= 15 is 0 Å². The van der Waals surface area contributed by atoms with Gasteiger partial charge in [-0.25, -0.2) is 4.79 Å². The lowest BCUT2D eigenvalue weighted by atomic mass is 9.99. The fourth-order valence-corrected chi connectivity index (χ4v) is 2.34. The molecule has 92 valence electrons. The first-order chi connectivity index (χ1) is 7.77. The van der Waals surface area contributed by atoms with Gasteiger partial charge in [0.1, 0.15) is 0 Å². The molecule has 2 aliphatic rings. The molecule has 0 saturated carbocycles. The first kappa shape index (κ1) is 11.7. The minimum Gasteiger partial charge on any atom is -0.380 e. The summed E-state index contributed by atoms with van der Waals surface area (Å²) in [5.41, 5.74) is 0. The van der Waals surface area contributed by atoms with Crippen LogP contribution in [-0.2, 0) is 4.74 Å². The van der Waals surface area contributed by atoms with Gasteiger partial charge in [-0.15, -0.1) is 0 Å². The number of likely N-dealkylation sites (tertiary alicyclic amines) is 1. The third-order valence-corrected chi connectivity index (χ3v) is 3.55. The topological polar surface area (TPSA) is 32.8 Å². The summed E-state index contributed by atoms with van der Waals surface area (Å²) in [5.74, 6) is 0.775. The van der Waals surface area contributed by atoms with E-state index in [4.69, 9.17) is 4.74 Å². The molecule has 4 nitrogen and oxygen atoms in total. The van der Waals surface area contributed by atoms with Crippen LogP contribution >= 0.6 is 0 Å². The van der Waals surface area contributed by atoms with Crippen LogP contribution in [0.3, 0.4) is 0 Å². The maximum atomic E-state index is 12.2. The molecule has 0 aliphatic carbocycles. The van der Waals surface area contributed by atoms with Crippen molar-refractivity contribution >= 4 is 6.03 Å². The Kier molecular flexibility index (Phi) is 4.04. The standard InChI is InChI=1S/C12H22N2O2/c1-11-3-6-14(7-4-11)12(15)13-5-2-9-16-10-8-13/h11H,2-10H2,1H3. The van der Waals surface area contributed by atoms with Gasteiger partial charge >= 0.3 is 6.03 Å². The molecule has 0 aromatic carbocycles. The molecule has 16 heavy (non-hydrogen) atoms. The van der Waals surface area contributed by atoms with Gasteiger partial charge in [-0.2, -0.15) is 0 Å². The van der Waals surface area contributed by atoms with Crippen LogP contribution in [0.2, 0.25) is 0 Å². The highest BCUT2D eigenvalue weighted by Crippen LogP contribution is 2.17. The monoisotopic (exact) mass is 226 g/mol. The lowest BCUT2D eigenvalue weighted by Crippen LogP contribution is -2.47. The predicted molar refractivity (Wildman–Crippen MR) is 62.4 cm³/mol. The molecule has 2 saturated heterocycles. The van der Waals surface area contributed by atoms with Gasteiger partial charge in [0.05, 0.1) is 6.61 Å². The maximum Gasteiger partial charge on any atom is 0.320 e. The summed E-state index contributed by atoms with van der Waals surface area (Å²) in [4.78, 5) is 16.2. The summed E-state index contributed by atoms with van der Waals surface area (Å²) in [6, 6.07) is 0.220. The summed E-state index contributed by atoms with van der Waals surface area (Å²) in [6.45, 7) is 7.21. The van der Waals surface area contributed by atoms with Gasteiger partial charge in [0.2, 0.25) is 0 Å². The number of carbonyl (C=O) groups is 1. The van der Waals surface area contributed by atoms with E-state index < -0.39 is 0 Å². The molecule has 2 amide bonds. The Bertz CT molecular complexity index is 229. The Morgan fingerprint density at radius 3 is 2.50 bits per heavy atom. The summed E-state index contributed by atoms with van der Waals surface area (Å²) < 4.78 is 5.37. The van der Waals surface area contributed by atoms with Crippen LogP contribution in [0.1, 0.15) is 26.2 Å². The molecule has 0 unspecified atom stereocenters. The summed E-state index contributed by atoms with van der Waals surface area (Å²) >= 11 is 0. The molecular weight excluding hydrogens is 204 g/mol. The van der Waals surface area contributed by atoms with E-state index in [0.717, 1.165) is 58.0 Å². The highest BCUT2D eigenvalue weighted by atomic mass is 16.5. The number of piperidine rings is 1. The molecule has 0 radical (unpaired) electrons. The first-order valence-corrected chi connectivity index (χ1v) is 6.39. The van der Waals surface area contributed by atoms with Crippen LogP contribution in [0, 0.1) is 5.92 Å². The molecule has 0 aromatic heterocycles. The third kappa shape index (κ3) is 2.88. The Labute approximate surface area is 97.5 Å². The van der Waals surface area contributed by atoms with Crippen LogP contribution in [0.4, 0.5) is 4.79 Å². The third-order valence-electron chi connectivity index (χ3n) is 3.55. The summed E-state index contributed by atoms with van der Waals surface area (Å²) in [5, 5.41) is 0. The lowest BCUT2D eigenvalue weighted by molar-refractivity contribution is 0.122. The highest BCUT2D eigenvalue weighted by Gasteiger charge is 2.25. The van der Waals surface area contributed by atoms with E-state index in [9.17, 15) is 4.79 Å². The van der Waals surface area contributed by atoms with Crippen molar-refractivity contribution in [2.75, 3.05) is 39.4 Å². The van der Waals surface area contributed by atoms with Crippen molar-refractivity contribution in [2.24, 2.45) is 5.92 Å². The summed E-state index contributed by atoms with van der Waals surface area (Å²) in [6.07, 6.45) is 3.27. The fraction of sp³-hybridized carbons (Fsp3) is 0.917. The van der Waals surface area contributed by atoms with E-state index in [0.29, 0.717) is 6.61 Å². The van der Waals surface area contributed by atoms with Crippen molar-refractivity contribution in [2.45, 2.75) is 26.2 Å². The van der Waals surface area contributed by atoms with Crippen LogP contribution in [0.25, 0.3) is 0 Å². The number of urea groups is 1. The number of amides is 2. The van der Waals surface area contributed by atoms with Gasteiger partial charge in [-0.3, -0.25) is 0 Å². The van der Waals surface area contributed by atoms with Crippen molar-refractivity contribution in [3.63, 3.8) is 0 Å². The SMILES string of the molecule is CC1CCN(C(=O)N2CCCOCC2)CC1. The van der Waals surface area contributed by atoms with E-state index in [1.807, 2.05) is 9.80 Å². The van der Waals surface area contributed by atoms with Gasteiger partial charge in [-0.05, 0) is 25.2 Å². The van der Waals surface area contributed by atoms with E-state index in [1.165, 1.54) is 0 Å². The second-order valence-electron chi connectivity index (χ2n) is 4.91. The number of hydrogen-bond donors (Lipinski definition) is 0. The minimum absolute atomic E-state index is 0.220. The van der Waals surface area contributed by atoms with Gasteiger partial charge < -0.3 is 14.5 Å². The van der Waals surface area contributed by atoms with Crippen molar-refractivity contribution in [1.29, 1.82) is 0 Å². The van der Waals surface area contributed by atoms with Crippen LogP contribution in [-0.4, -0.2) is 55.2 Å². The predicted octanol–water partition coefficient (Wildman–Crippen LogP) is 1.56.